The molecule has 148 valence electrons. The molecule has 1 heterocycles. The van der Waals surface area contributed by atoms with E-state index in [0.717, 1.165) is 22.6 Å². The van der Waals surface area contributed by atoms with Crippen LogP contribution in [0.2, 0.25) is 0 Å². The van der Waals surface area contributed by atoms with Gasteiger partial charge in [-0.15, -0.1) is 0 Å². The first-order valence-corrected chi connectivity index (χ1v) is 10.7. The Bertz CT molecular complexity index is 1060. The van der Waals surface area contributed by atoms with Crippen LogP contribution in [0, 0.1) is 12.8 Å². The van der Waals surface area contributed by atoms with Gasteiger partial charge in [0.25, 0.3) is 0 Å². The minimum atomic E-state index is -1.04. The van der Waals surface area contributed by atoms with Crippen molar-refractivity contribution in [1.82, 2.24) is 0 Å². The highest BCUT2D eigenvalue weighted by molar-refractivity contribution is 6.52. The minimum absolute atomic E-state index is 0.0581. The molecule has 1 aliphatic carbocycles. The lowest BCUT2D eigenvalue weighted by Gasteiger charge is -2.32. The lowest BCUT2D eigenvalue weighted by Crippen LogP contribution is -2.29. The van der Waals surface area contributed by atoms with Gasteiger partial charge in [0.05, 0.1) is 12.5 Å². The third kappa shape index (κ3) is 2.62. The van der Waals surface area contributed by atoms with E-state index in [0.29, 0.717) is 6.61 Å². The summed E-state index contributed by atoms with van der Waals surface area (Å²) in [6.07, 6.45) is 0. The number of alkyl halides is 2. The number of para-hydroxylation sites is 1. The topological polar surface area (TPSA) is 18.5 Å². The van der Waals surface area contributed by atoms with Gasteiger partial charge in [-0.1, -0.05) is 77.8 Å². The fraction of sp³-hybridized carbons (Fsp3) is 0.280. The average molecular weight is 425 g/mol. The van der Waals surface area contributed by atoms with Crippen LogP contribution in [0.4, 0.5) is 0 Å². The van der Waals surface area contributed by atoms with Crippen LogP contribution < -0.4 is 9.47 Å². The standard InChI is InChI=1S/C25H22Cl2O2/c1-3-28-18-14-12-17(13-15-18)24-23(25(24,26)27)22(19-9-5-4-8-16(19)2)20-10-6-7-11-21(20)29-24/h4-15,22-23H,3H2,1-2H3/t22-,23-,24+/m1/s1. The molecular formula is C25H22Cl2O2. The van der Waals surface area contributed by atoms with Gasteiger partial charge in [0.2, 0.25) is 0 Å². The monoisotopic (exact) mass is 424 g/mol. The number of rotatable bonds is 4. The number of benzene rings is 3. The fourth-order valence-corrected chi connectivity index (χ4v) is 5.82. The molecule has 1 fully saturated rings. The highest BCUT2D eigenvalue weighted by atomic mass is 35.5. The van der Waals surface area contributed by atoms with E-state index < -0.39 is 9.93 Å². The summed E-state index contributed by atoms with van der Waals surface area (Å²) in [5, 5.41) is 0. The van der Waals surface area contributed by atoms with Crippen molar-refractivity contribution >= 4 is 23.2 Å². The van der Waals surface area contributed by atoms with Crippen molar-refractivity contribution in [3.05, 3.63) is 95.1 Å². The Kier molecular flexibility index (Phi) is 4.34. The molecule has 0 aromatic heterocycles. The van der Waals surface area contributed by atoms with Crippen molar-refractivity contribution in [2.75, 3.05) is 6.61 Å². The van der Waals surface area contributed by atoms with Crippen LogP contribution in [0.15, 0.2) is 72.8 Å². The lowest BCUT2D eigenvalue weighted by atomic mass is 9.80. The van der Waals surface area contributed by atoms with Gasteiger partial charge in [0.1, 0.15) is 11.5 Å². The van der Waals surface area contributed by atoms with E-state index in [-0.39, 0.29) is 11.8 Å². The Morgan fingerprint density at radius 1 is 0.897 bits per heavy atom. The van der Waals surface area contributed by atoms with Crippen molar-refractivity contribution in [2.24, 2.45) is 5.92 Å². The molecule has 1 saturated carbocycles. The number of hydrogen-bond donors (Lipinski definition) is 0. The van der Waals surface area contributed by atoms with Crippen LogP contribution in [-0.2, 0) is 5.60 Å². The number of halogens is 2. The first kappa shape index (κ1) is 18.8. The molecule has 0 unspecified atom stereocenters. The normalized spacial score (nSPS) is 26.1. The summed E-state index contributed by atoms with van der Waals surface area (Å²) in [4.78, 5) is 0. The molecule has 0 spiro atoms. The zero-order chi connectivity index (χ0) is 20.2. The number of ether oxygens (including phenoxy) is 2. The van der Waals surface area contributed by atoms with Crippen molar-refractivity contribution in [1.29, 1.82) is 0 Å². The largest absolute Gasteiger partial charge is 0.494 e. The maximum atomic E-state index is 7.00. The Morgan fingerprint density at radius 2 is 1.55 bits per heavy atom. The molecule has 0 radical (unpaired) electrons. The van der Waals surface area contributed by atoms with Crippen LogP contribution in [0.1, 0.15) is 35.1 Å². The Hall–Kier alpha value is -2.16. The van der Waals surface area contributed by atoms with Gasteiger partial charge in [0, 0.05) is 11.5 Å². The van der Waals surface area contributed by atoms with Gasteiger partial charge in [-0.05, 0) is 48.7 Å². The molecular weight excluding hydrogens is 403 g/mol. The van der Waals surface area contributed by atoms with Crippen LogP contribution in [0.25, 0.3) is 0 Å². The van der Waals surface area contributed by atoms with Crippen LogP contribution in [0.3, 0.4) is 0 Å². The highest BCUT2D eigenvalue weighted by Crippen LogP contribution is 2.77. The molecule has 2 aliphatic rings. The second-order valence-corrected chi connectivity index (χ2v) is 9.15. The summed E-state index contributed by atoms with van der Waals surface area (Å²) in [5.74, 6) is 1.63. The first-order valence-electron chi connectivity index (χ1n) is 9.95. The van der Waals surface area contributed by atoms with Crippen LogP contribution in [0.5, 0.6) is 11.5 Å². The predicted octanol–water partition coefficient (Wildman–Crippen LogP) is 6.62. The van der Waals surface area contributed by atoms with E-state index in [4.69, 9.17) is 32.7 Å². The van der Waals surface area contributed by atoms with E-state index >= 15 is 0 Å². The van der Waals surface area contributed by atoms with Crippen molar-refractivity contribution < 1.29 is 9.47 Å². The van der Waals surface area contributed by atoms with Crippen LogP contribution in [-0.4, -0.2) is 10.9 Å². The fourth-order valence-electron chi connectivity index (χ4n) is 4.84. The van der Waals surface area contributed by atoms with E-state index in [1.807, 2.05) is 49.4 Å². The first-order chi connectivity index (χ1) is 14.0. The molecule has 29 heavy (non-hydrogen) atoms. The second kappa shape index (κ2) is 6.68. The molecule has 3 atom stereocenters. The minimum Gasteiger partial charge on any atom is -0.494 e. The summed E-state index contributed by atoms with van der Waals surface area (Å²) >= 11 is 14.0. The van der Waals surface area contributed by atoms with Gasteiger partial charge >= 0.3 is 0 Å². The summed E-state index contributed by atoms with van der Waals surface area (Å²) in [6.45, 7) is 4.74. The zero-order valence-corrected chi connectivity index (χ0v) is 17.9. The van der Waals surface area contributed by atoms with Crippen LogP contribution >= 0.6 is 23.2 Å². The zero-order valence-electron chi connectivity index (χ0n) is 16.4. The molecule has 4 heteroatoms. The number of aryl methyl sites for hydroxylation is 1. The van der Waals surface area contributed by atoms with Gasteiger partial charge in [0.15, 0.2) is 9.93 Å². The van der Waals surface area contributed by atoms with Gasteiger partial charge in [-0.3, -0.25) is 0 Å². The molecule has 0 amide bonds. The summed E-state index contributed by atoms with van der Waals surface area (Å²) in [5.41, 5.74) is 3.79. The molecule has 0 N–H and O–H groups in total. The quantitative estimate of drug-likeness (QED) is 0.438. The number of hydrogen-bond acceptors (Lipinski definition) is 2. The van der Waals surface area contributed by atoms with Crippen molar-refractivity contribution in [2.45, 2.75) is 29.7 Å². The maximum Gasteiger partial charge on any atom is 0.174 e. The third-order valence-corrected chi connectivity index (χ3v) is 7.25. The van der Waals surface area contributed by atoms with E-state index in [1.165, 1.54) is 11.1 Å². The van der Waals surface area contributed by atoms with Crippen molar-refractivity contribution in [3.8, 4) is 11.5 Å². The Balaban J connectivity index is 1.68. The van der Waals surface area contributed by atoms with E-state index in [2.05, 4.69) is 37.3 Å². The highest BCUT2D eigenvalue weighted by Gasteiger charge is 2.83. The third-order valence-electron chi connectivity index (χ3n) is 6.22. The average Bonchev–Trinajstić information content (AvgIpc) is 3.23. The predicted molar refractivity (Wildman–Crippen MR) is 117 cm³/mol. The number of fused-ring (bicyclic) bond motifs is 2. The van der Waals surface area contributed by atoms with Gasteiger partial charge in [-0.25, -0.2) is 0 Å². The smallest absolute Gasteiger partial charge is 0.174 e. The van der Waals surface area contributed by atoms with Crippen molar-refractivity contribution in [3.63, 3.8) is 0 Å². The summed E-state index contributed by atoms with van der Waals surface area (Å²) < 4.78 is 11.1. The SMILES string of the molecule is CCOc1ccc([C@]23Oc4ccccc4[C@@H](c4ccccc4C)[C@H]2C3(Cl)Cl)cc1. The molecule has 3 aromatic rings. The van der Waals surface area contributed by atoms with Gasteiger partial charge < -0.3 is 9.47 Å². The molecule has 5 rings (SSSR count). The van der Waals surface area contributed by atoms with Gasteiger partial charge in [-0.2, -0.15) is 0 Å². The summed E-state index contributed by atoms with van der Waals surface area (Å²) in [6, 6.07) is 24.6. The van der Waals surface area contributed by atoms with E-state index in [9.17, 15) is 0 Å². The Labute approximate surface area is 181 Å². The van der Waals surface area contributed by atoms with E-state index in [1.54, 1.807) is 0 Å². The molecule has 3 aromatic carbocycles. The lowest BCUT2D eigenvalue weighted by molar-refractivity contribution is 0.137. The Morgan fingerprint density at radius 3 is 2.24 bits per heavy atom. The molecule has 1 aliphatic heterocycles. The maximum absolute atomic E-state index is 7.00. The second-order valence-electron chi connectivity index (χ2n) is 7.77. The summed E-state index contributed by atoms with van der Waals surface area (Å²) in [7, 11) is 0. The molecule has 0 bridgehead atoms. The molecule has 2 nitrogen and oxygen atoms in total. The molecule has 0 saturated heterocycles.